The van der Waals surface area contributed by atoms with Crippen LogP contribution < -0.4 is 0 Å². The maximum Gasteiger partial charge on any atom is 0.303 e. The predicted octanol–water partition coefficient (Wildman–Crippen LogP) is 3.48. The number of nitrogens with zero attached hydrogens (tertiary/aromatic N) is 1. The summed E-state index contributed by atoms with van der Waals surface area (Å²) in [5.74, 6) is 1.54. The van der Waals surface area contributed by atoms with E-state index in [1.54, 1.807) is 6.92 Å². The third-order valence-electron chi connectivity index (χ3n) is 10.6. The van der Waals surface area contributed by atoms with Gasteiger partial charge in [0.2, 0.25) is 0 Å². The summed E-state index contributed by atoms with van der Waals surface area (Å²) in [6.45, 7) is 10.2. The molecule has 4 heterocycles. The molecule has 9 aliphatic rings. The van der Waals surface area contributed by atoms with E-state index >= 15 is 0 Å². The Bertz CT molecular complexity index is 813. The number of ether oxygens (including phenoxy) is 3. The average molecular weight is 400 g/mol. The number of piperidine rings is 1. The molecule has 0 N–H and O–H groups in total. The summed E-state index contributed by atoms with van der Waals surface area (Å²) in [7, 11) is 0. The number of esters is 1. The SMILES string of the molecule is C=C1C[C@]23CC[C@H]1C[C@H]2[C@@]12CCC[C@]4(C)[C@@H]5OCCN5[C@@H]1O[C@@H]3[C@@H](OC(C)=O)[C@H]42. The summed E-state index contributed by atoms with van der Waals surface area (Å²) in [5.41, 5.74) is 1.66. The van der Waals surface area contributed by atoms with Crippen LogP contribution in [0, 0.1) is 34.0 Å². The third-order valence-corrected chi connectivity index (χ3v) is 10.6. The van der Waals surface area contributed by atoms with Crippen LogP contribution in [0.25, 0.3) is 0 Å². The topological polar surface area (TPSA) is 48.0 Å². The van der Waals surface area contributed by atoms with Crippen LogP contribution in [0.1, 0.15) is 58.8 Å². The highest BCUT2D eigenvalue weighted by Gasteiger charge is 2.82. The minimum absolute atomic E-state index is 0.00486. The largest absolute Gasteiger partial charge is 0.459 e. The van der Waals surface area contributed by atoms with E-state index in [-0.39, 0.29) is 46.9 Å². The van der Waals surface area contributed by atoms with E-state index in [1.165, 1.54) is 37.7 Å². The number of rotatable bonds is 1. The van der Waals surface area contributed by atoms with Crippen molar-refractivity contribution in [3.8, 4) is 0 Å². The van der Waals surface area contributed by atoms with Crippen LogP contribution in [0.5, 0.6) is 0 Å². The summed E-state index contributed by atoms with van der Waals surface area (Å²) in [6.07, 6.45) is 8.49. The Morgan fingerprint density at radius 3 is 2.93 bits per heavy atom. The van der Waals surface area contributed by atoms with E-state index in [2.05, 4.69) is 18.4 Å². The lowest BCUT2D eigenvalue weighted by molar-refractivity contribution is -0.438. The van der Waals surface area contributed by atoms with E-state index in [0.29, 0.717) is 17.8 Å². The van der Waals surface area contributed by atoms with Crippen molar-refractivity contribution in [1.29, 1.82) is 0 Å². The van der Waals surface area contributed by atoms with Crippen LogP contribution in [-0.4, -0.2) is 48.7 Å². The molecule has 9 rings (SSSR count). The van der Waals surface area contributed by atoms with Crippen molar-refractivity contribution in [3.05, 3.63) is 12.2 Å². The molecule has 158 valence electrons. The highest BCUT2D eigenvalue weighted by molar-refractivity contribution is 5.66. The quantitative estimate of drug-likeness (QED) is 0.499. The Morgan fingerprint density at radius 2 is 2.14 bits per heavy atom. The maximum atomic E-state index is 12.3. The fraction of sp³-hybridized carbons (Fsp3) is 0.875. The van der Waals surface area contributed by atoms with E-state index < -0.39 is 0 Å². The summed E-state index contributed by atoms with van der Waals surface area (Å²) in [6, 6.07) is 0. The smallest absolute Gasteiger partial charge is 0.303 e. The van der Waals surface area contributed by atoms with Crippen LogP contribution in [0.4, 0.5) is 0 Å². The predicted molar refractivity (Wildman–Crippen MR) is 106 cm³/mol. The van der Waals surface area contributed by atoms with Crippen molar-refractivity contribution >= 4 is 5.97 Å². The lowest BCUT2D eigenvalue weighted by Gasteiger charge is -2.80. The van der Waals surface area contributed by atoms with Gasteiger partial charge >= 0.3 is 5.97 Å². The first-order chi connectivity index (χ1) is 13.9. The molecule has 0 radical (unpaired) electrons. The van der Waals surface area contributed by atoms with Crippen LogP contribution in [-0.2, 0) is 19.0 Å². The van der Waals surface area contributed by atoms with Crippen molar-refractivity contribution < 1.29 is 19.0 Å². The molecule has 0 aromatic rings. The van der Waals surface area contributed by atoms with Gasteiger partial charge in [0.05, 0.1) is 6.61 Å². The van der Waals surface area contributed by atoms with Gasteiger partial charge in [-0.05, 0) is 50.4 Å². The van der Waals surface area contributed by atoms with E-state index in [0.717, 1.165) is 26.0 Å². The molecular weight excluding hydrogens is 366 g/mol. The third kappa shape index (κ3) is 1.77. The zero-order valence-corrected chi connectivity index (χ0v) is 17.7. The van der Waals surface area contributed by atoms with Gasteiger partial charge in [-0.1, -0.05) is 25.5 Å². The van der Waals surface area contributed by atoms with Crippen LogP contribution >= 0.6 is 0 Å². The minimum Gasteiger partial charge on any atom is -0.459 e. The molecule has 4 aliphatic heterocycles. The molecule has 7 bridgehead atoms. The Kier molecular flexibility index (Phi) is 3.23. The fourth-order valence-corrected chi connectivity index (χ4v) is 10.1. The first-order valence-corrected chi connectivity index (χ1v) is 11.8. The lowest BCUT2D eigenvalue weighted by Crippen LogP contribution is -2.85. The Morgan fingerprint density at radius 1 is 1.28 bits per heavy atom. The molecule has 10 atom stereocenters. The molecule has 0 unspecified atom stereocenters. The number of allylic oxidation sites excluding steroid dienone is 1. The van der Waals surface area contributed by atoms with Gasteiger partial charge in [-0.25, -0.2) is 4.90 Å². The fourth-order valence-electron chi connectivity index (χ4n) is 10.1. The molecule has 5 saturated carbocycles. The number of fused-ring (bicyclic) bond motifs is 4. The van der Waals surface area contributed by atoms with Gasteiger partial charge in [0.15, 0.2) is 0 Å². The number of hydrogen-bond acceptors (Lipinski definition) is 5. The van der Waals surface area contributed by atoms with Crippen molar-refractivity contribution in [2.75, 3.05) is 13.2 Å². The standard InChI is InChI=1S/C24H33NO4/c1-13-12-23-8-5-15(13)11-16(23)24-7-4-6-22(3)18(24)17(28-14(2)26)19(23)29-21(24)25-9-10-27-20(22)25/h15-21H,1,4-12H2,2-3H3/t15-,16+,17-,18+,19+,20-,21+,22-,23+,24+/m0/s1. The number of carbonyl (C=O) groups is 1. The Hall–Kier alpha value is -0.910. The normalized spacial score (nSPS) is 59.4. The Labute approximate surface area is 173 Å². The zero-order chi connectivity index (χ0) is 19.8. The zero-order valence-electron chi connectivity index (χ0n) is 17.7. The van der Waals surface area contributed by atoms with Crippen molar-refractivity contribution in [3.63, 3.8) is 0 Å². The summed E-state index contributed by atoms with van der Waals surface area (Å²) in [4.78, 5) is 14.9. The van der Waals surface area contributed by atoms with Gasteiger partial charge in [0.25, 0.3) is 0 Å². The summed E-state index contributed by atoms with van der Waals surface area (Å²) >= 11 is 0. The number of hydrogen-bond donors (Lipinski definition) is 0. The molecule has 29 heavy (non-hydrogen) atoms. The van der Waals surface area contributed by atoms with Crippen LogP contribution in [0.2, 0.25) is 0 Å². The number of carbonyl (C=O) groups excluding carboxylic acids is 1. The first-order valence-electron chi connectivity index (χ1n) is 11.8. The molecule has 2 spiro atoms. The van der Waals surface area contributed by atoms with Crippen molar-refractivity contribution in [2.45, 2.75) is 83.5 Å². The van der Waals surface area contributed by atoms with Gasteiger partial charge in [0.1, 0.15) is 24.7 Å². The van der Waals surface area contributed by atoms with Gasteiger partial charge in [0, 0.05) is 35.6 Å². The molecule has 0 amide bonds. The Balaban J connectivity index is 1.47. The molecule has 5 heteroatoms. The van der Waals surface area contributed by atoms with Crippen LogP contribution in [0.3, 0.4) is 0 Å². The summed E-state index contributed by atoms with van der Waals surface area (Å²) in [5, 5.41) is 0. The molecule has 9 fully saturated rings. The van der Waals surface area contributed by atoms with Gasteiger partial charge < -0.3 is 14.2 Å². The minimum atomic E-state index is -0.160. The lowest BCUT2D eigenvalue weighted by atomic mass is 9.32. The van der Waals surface area contributed by atoms with Gasteiger partial charge in [-0.2, -0.15) is 0 Å². The molecule has 5 nitrogen and oxygen atoms in total. The first kappa shape index (κ1) is 17.7. The average Bonchev–Trinajstić information content (AvgIpc) is 3.17. The molecule has 4 saturated heterocycles. The van der Waals surface area contributed by atoms with Crippen molar-refractivity contribution in [1.82, 2.24) is 4.90 Å². The molecule has 0 aromatic heterocycles. The molecule has 0 aromatic carbocycles. The second-order valence-electron chi connectivity index (χ2n) is 11.5. The maximum absolute atomic E-state index is 12.3. The summed E-state index contributed by atoms with van der Waals surface area (Å²) < 4.78 is 19.6. The van der Waals surface area contributed by atoms with Gasteiger partial charge in [-0.15, -0.1) is 0 Å². The van der Waals surface area contributed by atoms with Crippen molar-refractivity contribution in [2.24, 2.45) is 34.0 Å². The van der Waals surface area contributed by atoms with Gasteiger partial charge in [-0.3, -0.25) is 4.79 Å². The molecule has 5 aliphatic carbocycles. The monoisotopic (exact) mass is 399 g/mol. The van der Waals surface area contributed by atoms with E-state index in [4.69, 9.17) is 14.2 Å². The highest BCUT2D eigenvalue weighted by atomic mass is 16.6. The van der Waals surface area contributed by atoms with E-state index in [9.17, 15) is 4.79 Å². The highest BCUT2D eigenvalue weighted by Crippen LogP contribution is 2.79. The molecular formula is C24H33NO4. The second-order valence-corrected chi connectivity index (χ2v) is 11.5. The van der Waals surface area contributed by atoms with E-state index in [1.807, 2.05) is 0 Å². The van der Waals surface area contributed by atoms with Crippen LogP contribution in [0.15, 0.2) is 12.2 Å². The second kappa shape index (κ2) is 5.28.